The lowest BCUT2D eigenvalue weighted by Gasteiger charge is -2.46. The normalized spacial score (nSPS) is 41.9. The first-order chi connectivity index (χ1) is 13.5. The summed E-state index contributed by atoms with van der Waals surface area (Å²) in [6.07, 6.45) is 14.1. The summed E-state index contributed by atoms with van der Waals surface area (Å²) >= 11 is 8.00. The Balaban J connectivity index is 1.31. The van der Waals surface area contributed by atoms with Gasteiger partial charge < -0.3 is 0 Å². The van der Waals surface area contributed by atoms with Crippen LogP contribution in [0.2, 0.25) is 0 Å². The summed E-state index contributed by atoms with van der Waals surface area (Å²) in [4.78, 5) is 0.800. The third-order valence-corrected chi connectivity index (χ3v) is 11.1. The van der Waals surface area contributed by atoms with Gasteiger partial charge in [0.05, 0.1) is 0 Å². The number of benzene rings is 1. The van der Waals surface area contributed by atoms with Crippen LogP contribution in [0.3, 0.4) is 0 Å². The van der Waals surface area contributed by atoms with Crippen molar-refractivity contribution in [2.24, 2.45) is 35.5 Å². The summed E-state index contributed by atoms with van der Waals surface area (Å²) in [6.45, 7) is 4.91. The lowest BCUT2D eigenvalue weighted by Crippen LogP contribution is -2.41. The van der Waals surface area contributed by atoms with Crippen molar-refractivity contribution in [3.05, 3.63) is 39.4 Å². The maximum atomic E-state index is 4.23. The minimum atomic E-state index is 0.643. The molecule has 0 bridgehead atoms. The fourth-order valence-corrected chi connectivity index (χ4v) is 9.47. The summed E-state index contributed by atoms with van der Waals surface area (Å²) < 4.78 is 1.26. The highest BCUT2D eigenvalue weighted by Crippen LogP contribution is 2.58. The topological polar surface area (TPSA) is 0 Å². The molecule has 0 amide bonds. The largest absolute Gasteiger partial charge is 0.0884 e. The van der Waals surface area contributed by atoms with E-state index in [0.29, 0.717) is 5.92 Å². The number of hydrogen-bond acceptors (Lipinski definition) is 0. The van der Waals surface area contributed by atoms with Crippen LogP contribution in [0, 0.1) is 35.5 Å². The van der Waals surface area contributed by atoms with Gasteiger partial charge in [-0.1, -0.05) is 81.8 Å². The Kier molecular flexibility index (Phi) is 5.59. The van der Waals surface area contributed by atoms with Crippen LogP contribution in [-0.2, 0) is 0 Å². The van der Waals surface area contributed by atoms with Crippen LogP contribution < -0.4 is 0 Å². The molecule has 0 nitrogen and oxygen atoms in total. The third-order valence-electron chi connectivity index (χ3n) is 9.01. The number of halogens is 2. The Hall–Kier alpha value is -0.0800. The Morgan fingerprint density at radius 3 is 2.68 bits per heavy atom. The molecule has 0 aromatic heterocycles. The van der Waals surface area contributed by atoms with E-state index in [0.717, 1.165) is 40.3 Å². The van der Waals surface area contributed by atoms with Gasteiger partial charge in [0.25, 0.3) is 0 Å². The van der Waals surface area contributed by atoms with Gasteiger partial charge in [-0.15, -0.1) is 0 Å². The smallest absolute Gasteiger partial charge is 0.0250 e. The second kappa shape index (κ2) is 7.88. The maximum Gasteiger partial charge on any atom is 0.0250 e. The second-order valence-corrected chi connectivity index (χ2v) is 12.3. The standard InChI is InChI=1S/C26H34Br2/c1-15-12-23-21(8-5-9-25(23)27)18(15)10-11-19-16(2)13-24-22(19)14-17-6-3-4-7-20(17)26(24)28/h5,8-9,12,16-20,22,24,26H,3-4,6-7,10-11,13-14H2,1-2H3. The van der Waals surface area contributed by atoms with Crippen LogP contribution in [0.25, 0.3) is 6.08 Å². The number of rotatable bonds is 3. The summed E-state index contributed by atoms with van der Waals surface area (Å²) in [5.74, 6) is 6.40. The van der Waals surface area contributed by atoms with Gasteiger partial charge in [0, 0.05) is 15.2 Å². The van der Waals surface area contributed by atoms with E-state index < -0.39 is 0 Å². The summed E-state index contributed by atoms with van der Waals surface area (Å²) in [5.41, 5.74) is 4.56. The van der Waals surface area contributed by atoms with Gasteiger partial charge in [-0.3, -0.25) is 0 Å². The van der Waals surface area contributed by atoms with Crippen molar-refractivity contribution < 1.29 is 0 Å². The molecule has 3 saturated carbocycles. The highest BCUT2D eigenvalue weighted by atomic mass is 79.9. The van der Waals surface area contributed by atoms with Crippen LogP contribution in [0.4, 0.5) is 0 Å². The predicted octanol–water partition coefficient (Wildman–Crippen LogP) is 8.59. The highest BCUT2D eigenvalue weighted by molar-refractivity contribution is 9.10. The summed E-state index contributed by atoms with van der Waals surface area (Å²) in [6, 6.07) is 6.77. The van der Waals surface area contributed by atoms with Crippen molar-refractivity contribution >= 4 is 37.9 Å². The maximum absolute atomic E-state index is 4.23. The Bertz CT molecular complexity index is 766. The van der Waals surface area contributed by atoms with Crippen molar-refractivity contribution in [1.82, 2.24) is 0 Å². The van der Waals surface area contributed by atoms with E-state index in [-0.39, 0.29) is 0 Å². The molecule has 1 aromatic carbocycles. The summed E-state index contributed by atoms with van der Waals surface area (Å²) in [7, 11) is 0. The fourth-order valence-electron chi connectivity index (χ4n) is 7.67. The molecular weight excluding hydrogens is 472 g/mol. The van der Waals surface area contributed by atoms with E-state index in [1.165, 1.54) is 61.4 Å². The lowest BCUT2D eigenvalue weighted by molar-refractivity contribution is 0.0827. The van der Waals surface area contributed by atoms with Gasteiger partial charge in [-0.05, 0) is 91.7 Å². The molecule has 5 rings (SSSR count). The van der Waals surface area contributed by atoms with E-state index in [9.17, 15) is 0 Å². The molecule has 152 valence electrons. The first kappa shape index (κ1) is 19.9. The molecule has 0 saturated heterocycles. The fraction of sp³-hybridized carbons (Fsp3) is 0.692. The molecule has 3 fully saturated rings. The minimum absolute atomic E-state index is 0.643. The van der Waals surface area contributed by atoms with Crippen molar-refractivity contribution in [3.8, 4) is 0 Å². The molecule has 0 aliphatic heterocycles. The molecule has 0 N–H and O–H groups in total. The molecule has 4 aliphatic carbocycles. The SMILES string of the molecule is CC1=Cc2c(Br)cccc2C1CCC1C(C)CC2C(Br)C3CCCCC3CC12. The van der Waals surface area contributed by atoms with E-state index in [1.54, 1.807) is 11.1 Å². The van der Waals surface area contributed by atoms with Crippen LogP contribution in [0.5, 0.6) is 0 Å². The molecule has 8 atom stereocenters. The Morgan fingerprint density at radius 2 is 1.82 bits per heavy atom. The minimum Gasteiger partial charge on any atom is -0.0884 e. The molecule has 2 heteroatoms. The first-order valence-corrected chi connectivity index (χ1v) is 13.4. The van der Waals surface area contributed by atoms with Crippen LogP contribution in [-0.4, -0.2) is 4.83 Å². The van der Waals surface area contributed by atoms with Gasteiger partial charge in [-0.25, -0.2) is 0 Å². The van der Waals surface area contributed by atoms with Gasteiger partial charge in [0.1, 0.15) is 0 Å². The monoisotopic (exact) mass is 504 g/mol. The Labute approximate surface area is 188 Å². The molecular formula is C26H34Br2. The number of hydrogen-bond donors (Lipinski definition) is 0. The first-order valence-electron chi connectivity index (χ1n) is 11.6. The number of alkyl halides is 1. The average Bonchev–Trinajstić information content (AvgIpc) is 3.18. The van der Waals surface area contributed by atoms with Crippen LogP contribution in [0.1, 0.15) is 82.3 Å². The molecule has 0 radical (unpaired) electrons. The molecule has 0 heterocycles. The van der Waals surface area contributed by atoms with E-state index in [4.69, 9.17) is 0 Å². The van der Waals surface area contributed by atoms with E-state index in [1.807, 2.05) is 0 Å². The van der Waals surface area contributed by atoms with E-state index in [2.05, 4.69) is 70.0 Å². The lowest BCUT2D eigenvalue weighted by atomic mass is 9.62. The zero-order chi connectivity index (χ0) is 19.4. The van der Waals surface area contributed by atoms with Gasteiger partial charge in [-0.2, -0.15) is 0 Å². The molecule has 8 unspecified atom stereocenters. The number of allylic oxidation sites excluding steroid dienone is 1. The van der Waals surface area contributed by atoms with Crippen molar-refractivity contribution in [3.63, 3.8) is 0 Å². The molecule has 1 aromatic rings. The molecule has 4 aliphatic rings. The zero-order valence-corrected chi connectivity index (χ0v) is 20.5. The van der Waals surface area contributed by atoms with Gasteiger partial charge >= 0.3 is 0 Å². The van der Waals surface area contributed by atoms with Crippen LogP contribution >= 0.6 is 31.9 Å². The molecule has 28 heavy (non-hydrogen) atoms. The molecule has 0 spiro atoms. The second-order valence-electron chi connectivity index (χ2n) is 10.4. The van der Waals surface area contributed by atoms with Gasteiger partial charge in [0.15, 0.2) is 0 Å². The van der Waals surface area contributed by atoms with Crippen molar-refractivity contribution in [1.29, 1.82) is 0 Å². The van der Waals surface area contributed by atoms with Crippen molar-refractivity contribution in [2.45, 2.75) is 76.0 Å². The Morgan fingerprint density at radius 1 is 1.00 bits per heavy atom. The average molecular weight is 506 g/mol. The summed E-state index contributed by atoms with van der Waals surface area (Å²) in [5, 5.41) is 0. The van der Waals surface area contributed by atoms with Crippen LogP contribution in [0.15, 0.2) is 28.2 Å². The van der Waals surface area contributed by atoms with E-state index >= 15 is 0 Å². The van der Waals surface area contributed by atoms with Crippen molar-refractivity contribution in [2.75, 3.05) is 0 Å². The quantitative estimate of drug-likeness (QED) is 0.360. The number of fused-ring (bicyclic) bond motifs is 3. The highest BCUT2D eigenvalue weighted by Gasteiger charge is 2.51. The van der Waals surface area contributed by atoms with Gasteiger partial charge in [0.2, 0.25) is 0 Å². The zero-order valence-electron chi connectivity index (χ0n) is 17.3. The predicted molar refractivity (Wildman–Crippen MR) is 127 cm³/mol. The third kappa shape index (κ3) is 3.29.